The Kier molecular flexibility index (Phi) is 8.94. The zero-order valence-electron chi connectivity index (χ0n) is 26.0. The number of piperidine rings is 2. The summed E-state index contributed by atoms with van der Waals surface area (Å²) in [7, 11) is 1.20. The predicted octanol–water partition coefficient (Wildman–Crippen LogP) is 6.14. The zero-order chi connectivity index (χ0) is 32.5. The standard InChI is InChI=1S/C35H40F3N5O3/c1-40(32(45)35(36,37)38)28-15-19-43(30(20-28)26-12-6-3-7-13-26)33(46)41-18-14-27(34(23-41)16-8-9-17-34)22-42-24-39-29(21-31(42)44)25-10-4-2-5-11-25/h2-7,10-13,21,24,27-28,30H,8-9,14-20,22-23H2,1H3/t27-,28+,30-/m0/s1. The maximum Gasteiger partial charge on any atom is 0.471 e. The van der Waals surface area contributed by atoms with Crippen LogP contribution in [0.4, 0.5) is 18.0 Å². The number of halogens is 3. The smallest absolute Gasteiger partial charge is 0.335 e. The number of hydrogen-bond acceptors (Lipinski definition) is 4. The maximum absolute atomic E-state index is 14.3. The molecule has 2 aliphatic heterocycles. The fourth-order valence-corrected chi connectivity index (χ4v) is 7.93. The van der Waals surface area contributed by atoms with Crippen molar-refractivity contribution in [2.45, 2.75) is 69.8 Å². The summed E-state index contributed by atoms with van der Waals surface area (Å²) in [5.74, 6) is -1.66. The molecular formula is C35H40F3N5O3. The molecule has 244 valence electrons. The highest BCUT2D eigenvalue weighted by Crippen LogP contribution is 2.49. The lowest BCUT2D eigenvalue weighted by Crippen LogP contribution is -2.57. The number of alkyl halides is 3. The number of amides is 3. The third-order valence-electron chi connectivity index (χ3n) is 10.5. The van der Waals surface area contributed by atoms with Crippen molar-refractivity contribution in [3.05, 3.63) is 89.0 Å². The second-order valence-corrected chi connectivity index (χ2v) is 13.1. The summed E-state index contributed by atoms with van der Waals surface area (Å²) in [6, 6.07) is 19.3. The first-order chi connectivity index (χ1) is 22.1. The fraction of sp³-hybridized carbons (Fsp3) is 0.486. The molecule has 0 unspecified atom stereocenters. The number of nitrogens with zero attached hydrogens (tertiary/aromatic N) is 5. The molecule has 1 saturated carbocycles. The Bertz CT molecular complexity index is 1590. The molecule has 3 amide bonds. The summed E-state index contributed by atoms with van der Waals surface area (Å²) in [5, 5.41) is 0. The van der Waals surface area contributed by atoms with Crippen LogP contribution in [0, 0.1) is 11.3 Å². The van der Waals surface area contributed by atoms with Gasteiger partial charge in [-0.1, -0.05) is 73.5 Å². The number of carbonyl (C=O) groups excluding carboxylic acids is 2. The third kappa shape index (κ3) is 6.41. The second-order valence-electron chi connectivity index (χ2n) is 13.1. The van der Waals surface area contributed by atoms with Crippen LogP contribution >= 0.6 is 0 Å². The molecule has 8 nitrogen and oxygen atoms in total. The Labute approximate surface area is 266 Å². The Hall–Kier alpha value is -4.15. The summed E-state index contributed by atoms with van der Waals surface area (Å²) < 4.78 is 41.5. The Morgan fingerprint density at radius 2 is 1.65 bits per heavy atom. The van der Waals surface area contributed by atoms with Crippen molar-refractivity contribution in [2.75, 3.05) is 26.7 Å². The van der Waals surface area contributed by atoms with E-state index in [-0.39, 0.29) is 42.3 Å². The minimum Gasteiger partial charge on any atom is -0.335 e. The summed E-state index contributed by atoms with van der Waals surface area (Å²) >= 11 is 0. The monoisotopic (exact) mass is 635 g/mol. The summed E-state index contributed by atoms with van der Waals surface area (Å²) in [6.45, 7) is 1.90. The van der Waals surface area contributed by atoms with Gasteiger partial charge in [0.05, 0.1) is 18.1 Å². The molecule has 0 bridgehead atoms. The van der Waals surface area contributed by atoms with Gasteiger partial charge in [-0.25, -0.2) is 9.78 Å². The van der Waals surface area contributed by atoms with E-state index in [1.54, 1.807) is 21.9 Å². The van der Waals surface area contributed by atoms with E-state index >= 15 is 0 Å². The molecule has 0 N–H and O–H groups in total. The van der Waals surface area contributed by atoms with Gasteiger partial charge in [0.2, 0.25) is 0 Å². The number of benzene rings is 2. The van der Waals surface area contributed by atoms with Gasteiger partial charge in [0, 0.05) is 50.9 Å². The van der Waals surface area contributed by atoms with Crippen molar-refractivity contribution in [1.82, 2.24) is 24.3 Å². The highest BCUT2D eigenvalue weighted by molar-refractivity contribution is 5.82. The van der Waals surface area contributed by atoms with Crippen molar-refractivity contribution in [1.29, 1.82) is 0 Å². The number of carbonyl (C=O) groups is 2. The molecule has 1 aliphatic carbocycles. The quantitative estimate of drug-likeness (QED) is 0.338. The summed E-state index contributed by atoms with van der Waals surface area (Å²) in [6.07, 6.45) is 2.00. The molecule has 3 heterocycles. The predicted molar refractivity (Wildman–Crippen MR) is 168 cm³/mol. The third-order valence-corrected chi connectivity index (χ3v) is 10.5. The van der Waals surface area contributed by atoms with E-state index < -0.39 is 24.2 Å². The molecule has 2 aromatic carbocycles. The normalized spacial score (nSPS) is 23.0. The molecule has 3 fully saturated rings. The van der Waals surface area contributed by atoms with E-state index in [2.05, 4.69) is 4.98 Å². The topological polar surface area (TPSA) is 78.8 Å². The van der Waals surface area contributed by atoms with Crippen molar-refractivity contribution < 1.29 is 22.8 Å². The van der Waals surface area contributed by atoms with Crippen LogP contribution in [0.5, 0.6) is 0 Å². The number of urea groups is 1. The Morgan fingerprint density at radius 1 is 0.978 bits per heavy atom. The first-order valence-corrected chi connectivity index (χ1v) is 16.1. The average Bonchev–Trinajstić information content (AvgIpc) is 3.54. The van der Waals surface area contributed by atoms with Crippen LogP contribution in [0.15, 0.2) is 77.9 Å². The lowest BCUT2D eigenvalue weighted by molar-refractivity contribution is -0.187. The summed E-state index contributed by atoms with van der Waals surface area (Å²) in [5.41, 5.74) is 2.16. The highest BCUT2D eigenvalue weighted by atomic mass is 19.4. The van der Waals surface area contributed by atoms with Crippen LogP contribution in [-0.2, 0) is 11.3 Å². The van der Waals surface area contributed by atoms with Crippen LogP contribution in [0.25, 0.3) is 11.3 Å². The molecule has 1 aromatic heterocycles. The molecule has 3 aromatic rings. The van der Waals surface area contributed by atoms with Crippen LogP contribution in [0.2, 0.25) is 0 Å². The van der Waals surface area contributed by atoms with E-state index in [0.29, 0.717) is 25.3 Å². The van der Waals surface area contributed by atoms with Crippen molar-refractivity contribution in [2.24, 2.45) is 11.3 Å². The number of aromatic nitrogens is 2. The molecule has 1 spiro atoms. The fourth-order valence-electron chi connectivity index (χ4n) is 7.93. The van der Waals surface area contributed by atoms with E-state index in [1.165, 1.54) is 7.05 Å². The van der Waals surface area contributed by atoms with Gasteiger partial charge < -0.3 is 14.7 Å². The Balaban J connectivity index is 1.19. The van der Waals surface area contributed by atoms with Gasteiger partial charge in [-0.2, -0.15) is 13.2 Å². The van der Waals surface area contributed by atoms with Crippen LogP contribution < -0.4 is 5.56 Å². The van der Waals surface area contributed by atoms with Gasteiger partial charge in [-0.15, -0.1) is 0 Å². The first-order valence-electron chi connectivity index (χ1n) is 16.1. The van der Waals surface area contributed by atoms with Gasteiger partial charge >= 0.3 is 18.1 Å². The maximum atomic E-state index is 14.3. The molecule has 3 aliphatic rings. The van der Waals surface area contributed by atoms with Crippen LogP contribution in [0.3, 0.4) is 0 Å². The second kappa shape index (κ2) is 12.9. The van der Waals surface area contributed by atoms with Gasteiger partial charge in [-0.3, -0.25) is 14.2 Å². The minimum atomic E-state index is -4.95. The zero-order valence-corrected chi connectivity index (χ0v) is 26.0. The molecular weight excluding hydrogens is 595 g/mol. The lowest BCUT2D eigenvalue weighted by atomic mass is 9.69. The van der Waals surface area contributed by atoms with Crippen molar-refractivity contribution >= 4 is 11.9 Å². The van der Waals surface area contributed by atoms with E-state index in [4.69, 9.17) is 0 Å². The highest BCUT2D eigenvalue weighted by Gasteiger charge is 2.49. The molecule has 0 radical (unpaired) electrons. The number of likely N-dealkylation sites (tertiary alicyclic amines) is 2. The minimum absolute atomic E-state index is 0.0944. The van der Waals surface area contributed by atoms with Gasteiger partial charge in [-0.05, 0) is 49.0 Å². The van der Waals surface area contributed by atoms with Crippen molar-refractivity contribution in [3.63, 3.8) is 0 Å². The van der Waals surface area contributed by atoms with Crippen molar-refractivity contribution in [3.8, 4) is 11.3 Å². The molecule has 3 atom stereocenters. The van der Waals surface area contributed by atoms with Gasteiger partial charge in [0.15, 0.2) is 0 Å². The SMILES string of the molecule is CN(C(=O)C(F)(F)F)[C@@H]1CCN(C(=O)N2CC[C@@H](Cn3cnc(-c4ccccc4)cc3=O)C3(CCCC3)C2)[C@H](c2ccccc2)C1. The Morgan fingerprint density at radius 3 is 2.30 bits per heavy atom. The lowest BCUT2D eigenvalue weighted by Gasteiger charge is -2.50. The van der Waals surface area contributed by atoms with E-state index in [1.807, 2.05) is 65.6 Å². The molecule has 46 heavy (non-hydrogen) atoms. The molecule has 11 heteroatoms. The van der Waals surface area contributed by atoms with Crippen LogP contribution in [-0.4, -0.2) is 75.1 Å². The first kappa shape index (κ1) is 31.8. The van der Waals surface area contributed by atoms with Gasteiger partial charge in [0.25, 0.3) is 5.56 Å². The summed E-state index contributed by atoms with van der Waals surface area (Å²) in [4.78, 5) is 48.6. The van der Waals surface area contributed by atoms with Gasteiger partial charge in [0.1, 0.15) is 0 Å². The molecule has 2 saturated heterocycles. The largest absolute Gasteiger partial charge is 0.471 e. The molecule has 6 rings (SSSR count). The number of rotatable bonds is 5. The van der Waals surface area contributed by atoms with E-state index in [9.17, 15) is 27.6 Å². The van der Waals surface area contributed by atoms with Crippen LogP contribution in [0.1, 0.15) is 56.6 Å². The van der Waals surface area contributed by atoms with E-state index in [0.717, 1.165) is 48.1 Å². The average molecular weight is 636 g/mol. The number of hydrogen-bond donors (Lipinski definition) is 0.